The lowest BCUT2D eigenvalue weighted by molar-refractivity contribution is 0.0710. The Kier molecular flexibility index (Phi) is 10.2. The predicted octanol–water partition coefficient (Wildman–Crippen LogP) is 2.52. The topological polar surface area (TPSA) is 64.1 Å². The largest absolute Gasteiger partial charge is 0.500 e. The maximum absolute atomic E-state index is 5.88. The molecule has 1 aliphatic carbocycles. The molecule has 0 saturated carbocycles. The normalized spacial score (nSPS) is 20.9. The van der Waals surface area contributed by atoms with Crippen molar-refractivity contribution in [2.24, 2.45) is 4.99 Å². The fourth-order valence-corrected chi connectivity index (χ4v) is 5.47. The van der Waals surface area contributed by atoms with E-state index in [0.717, 1.165) is 25.4 Å². The first-order valence-corrected chi connectivity index (χ1v) is 11.2. The Bertz CT molecular complexity index is 451. The molecule has 0 aromatic rings. The van der Waals surface area contributed by atoms with Crippen LogP contribution in [0.3, 0.4) is 0 Å². The van der Waals surface area contributed by atoms with E-state index in [1.807, 2.05) is 41.1 Å². The number of likely N-dealkylation sites (N-methyl/N-ethyl adjacent to an activating group) is 1. The standard InChI is InChI=1S/C18H35N3O3Si/c1-6-22-25(23-7-2,24-8-3)14-10-13-21-16-18(20-5)12-9-11-17(15-18)19-4/h9,11-12,16,19-20H,6-8,10,13-15H2,1-5H3. The number of rotatable bonds is 13. The molecule has 0 aromatic heterocycles. The molecule has 0 fully saturated rings. The Balaban J connectivity index is 2.57. The van der Waals surface area contributed by atoms with Crippen molar-refractivity contribution in [3.05, 3.63) is 23.9 Å². The van der Waals surface area contributed by atoms with Crippen molar-refractivity contribution in [1.29, 1.82) is 0 Å². The third-order valence-electron chi connectivity index (χ3n) is 4.15. The van der Waals surface area contributed by atoms with Crippen LogP contribution in [-0.2, 0) is 13.3 Å². The molecular weight excluding hydrogens is 334 g/mol. The molecule has 2 N–H and O–H groups in total. The Labute approximate surface area is 154 Å². The van der Waals surface area contributed by atoms with Crippen molar-refractivity contribution in [3.63, 3.8) is 0 Å². The zero-order valence-electron chi connectivity index (χ0n) is 16.4. The fraction of sp³-hybridized carbons (Fsp3) is 0.722. The first-order chi connectivity index (χ1) is 12.1. The molecule has 0 heterocycles. The van der Waals surface area contributed by atoms with Crippen LogP contribution < -0.4 is 10.6 Å². The molecule has 1 unspecified atom stereocenters. The minimum absolute atomic E-state index is 0.221. The number of hydrogen-bond donors (Lipinski definition) is 2. The number of aliphatic imine (C=N–C) groups is 1. The smallest absolute Gasteiger partial charge is 0.391 e. The molecule has 1 atom stereocenters. The second-order valence-electron chi connectivity index (χ2n) is 5.89. The fourth-order valence-electron chi connectivity index (χ4n) is 2.88. The van der Waals surface area contributed by atoms with Crippen molar-refractivity contribution >= 4 is 15.0 Å². The summed E-state index contributed by atoms with van der Waals surface area (Å²) in [5.41, 5.74) is 0.972. The van der Waals surface area contributed by atoms with Gasteiger partial charge in [0, 0.05) is 57.8 Å². The Morgan fingerprint density at radius 2 is 1.80 bits per heavy atom. The lowest BCUT2D eigenvalue weighted by atomic mass is 9.90. The van der Waals surface area contributed by atoms with Gasteiger partial charge in [0.15, 0.2) is 0 Å². The molecule has 6 nitrogen and oxygen atoms in total. The monoisotopic (exact) mass is 369 g/mol. The van der Waals surface area contributed by atoms with Crippen molar-refractivity contribution in [2.75, 3.05) is 40.5 Å². The maximum atomic E-state index is 5.88. The van der Waals surface area contributed by atoms with Crippen LogP contribution in [0.2, 0.25) is 6.04 Å². The van der Waals surface area contributed by atoms with E-state index in [4.69, 9.17) is 13.3 Å². The third kappa shape index (κ3) is 7.03. The van der Waals surface area contributed by atoms with Gasteiger partial charge in [0.25, 0.3) is 0 Å². The van der Waals surface area contributed by atoms with Gasteiger partial charge in [0.2, 0.25) is 0 Å². The van der Waals surface area contributed by atoms with E-state index in [0.29, 0.717) is 19.8 Å². The van der Waals surface area contributed by atoms with E-state index < -0.39 is 8.80 Å². The quantitative estimate of drug-likeness (QED) is 0.297. The molecule has 1 aliphatic rings. The van der Waals surface area contributed by atoms with Gasteiger partial charge < -0.3 is 23.9 Å². The van der Waals surface area contributed by atoms with E-state index in [2.05, 4.69) is 33.9 Å². The van der Waals surface area contributed by atoms with Crippen molar-refractivity contribution in [3.8, 4) is 0 Å². The summed E-state index contributed by atoms with van der Waals surface area (Å²) in [6.07, 6.45) is 10.1. The second-order valence-corrected chi connectivity index (χ2v) is 8.62. The number of nitrogens with zero attached hydrogens (tertiary/aromatic N) is 1. The van der Waals surface area contributed by atoms with Crippen molar-refractivity contribution in [2.45, 2.75) is 45.2 Å². The molecule has 0 saturated heterocycles. The van der Waals surface area contributed by atoms with Gasteiger partial charge in [-0.1, -0.05) is 12.2 Å². The van der Waals surface area contributed by atoms with Crippen LogP contribution in [0.5, 0.6) is 0 Å². The molecule has 0 spiro atoms. The molecular formula is C18H35N3O3Si. The first-order valence-electron chi connectivity index (χ1n) is 9.27. The highest BCUT2D eigenvalue weighted by molar-refractivity contribution is 6.60. The number of allylic oxidation sites excluding steroid dienone is 2. The van der Waals surface area contributed by atoms with Gasteiger partial charge in [-0.25, -0.2) is 0 Å². The van der Waals surface area contributed by atoms with E-state index in [1.165, 1.54) is 5.70 Å². The Morgan fingerprint density at radius 3 is 2.32 bits per heavy atom. The molecule has 0 aromatic carbocycles. The summed E-state index contributed by atoms with van der Waals surface area (Å²) >= 11 is 0. The molecule has 7 heteroatoms. The van der Waals surface area contributed by atoms with Crippen molar-refractivity contribution in [1.82, 2.24) is 10.6 Å². The zero-order chi connectivity index (χ0) is 18.6. The van der Waals surface area contributed by atoms with Crippen LogP contribution in [0.4, 0.5) is 0 Å². The van der Waals surface area contributed by atoms with Crippen LogP contribution in [0, 0.1) is 0 Å². The first kappa shape index (κ1) is 22.0. The van der Waals surface area contributed by atoms with Crippen molar-refractivity contribution < 1.29 is 13.3 Å². The summed E-state index contributed by atoms with van der Waals surface area (Å²) in [5, 5.41) is 6.59. The molecule has 0 aliphatic heterocycles. The summed E-state index contributed by atoms with van der Waals surface area (Å²) in [7, 11) is 1.36. The minimum atomic E-state index is -2.55. The molecule has 25 heavy (non-hydrogen) atoms. The highest BCUT2D eigenvalue weighted by Gasteiger charge is 2.39. The van der Waals surface area contributed by atoms with Crippen LogP contribution >= 0.6 is 0 Å². The van der Waals surface area contributed by atoms with E-state index in [1.54, 1.807) is 0 Å². The van der Waals surface area contributed by atoms with Gasteiger partial charge in [-0.05, 0) is 40.3 Å². The summed E-state index contributed by atoms with van der Waals surface area (Å²) in [6, 6.07) is 0.796. The Hall–Kier alpha value is -0.993. The molecule has 0 bridgehead atoms. The van der Waals surface area contributed by atoms with Crippen LogP contribution in [0.15, 0.2) is 28.9 Å². The molecule has 0 radical (unpaired) electrons. The Morgan fingerprint density at radius 1 is 1.16 bits per heavy atom. The second kappa shape index (κ2) is 11.6. The van der Waals surface area contributed by atoms with Crippen LogP contribution in [0.1, 0.15) is 33.6 Å². The minimum Gasteiger partial charge on any atom is -0.391 e. The van der Waals surface area contributed by atoms with E-state index >= 15 is 0 Å². The summed E-state index contributed by atoms with van der Waals surface area (Å²) in [5.74, 6) is 0. The van der Waals surface area contributed by atoms with Gasteiger partial charge >= 0.3 is 8.80 Å². The lowest BCUT2D eigenvalue weighted by Crippen LogP contribution is -2.46. The highest BCUT2D eigenvalue weighted by atomic mass is 28.4. The summed E-state index contributed by atoms with van der Waals surface area (Å²) in [4.78, 5) is 4.65. The van der Waals surface area contributed by atoms with Crippen LogP contribution in [0.25, 0.3) is 0 Å². The van der Waals surface area contributed by atoms with Gasteiger partial charge in [0.05, 0.1) is 5.54 Å². The highest BCUT2D eigenvalue weighted by Crippen LogP contribution is 2.21. The molecule has 1 rings (SSSR count). The predicted molar refractivity (Wildman–Crippen MR) is 106 cm³/mol. The lowest BCUT2D eigenvalue weighted by Gasteiger charge is -2.30. The zero-order valence-corrected chi connectivity index (χ0v) is 17.4. The third-order valence-corrected chi connectivity index (χ3v) is 7.30. The number of nitrogens with one attached hydrogen (secondary N) is 2. The summed E-state index contributed by atoms with van der Waals surface area (Å²) < 4.78 is 17.6. The van der Waals surface area contributed by atoms with E-state index in [9.17, 15) is 0 Å². The molecule has 0 amide bonds. The van der Waals surface area contributed by atoms with Gasteiger partial charge in [-0.3, -0.25) is 4.99 Å². The summed E-state index contributed by atoms with van der Waals surface area (Å²) in [6.45, 7) is 8.52. The molecule has 144 valence electrons. The van der Waals surface area contributed by atoms with Gasteiger partial charge in [-0.2, -0.15) is 0 Å². The number of hydrogen-bond acceptors (Lipinski definition) is 6. The van der Waals surface area contributed by atoms with E-state index in [-0.39, 0.29) is 5.54 Å². The maximum Gasteiger partial charge on any atom is 0.500 e. The van der Waals surface area contributed by atoms with Gasteiger partial charge in [0.1, 0.15) is 0 Å². The van der Waals surface area contributed by atoms with Crippen LogP contribution in [-0.4, -0.2) is 61.0 Å². The average Bonchev–Trinajstić information content (AvgIpc) is 2.62. The SMILES string of the molecule is CCO[Si](CCCN=CC1(NC)C=CC=C(NC)C1)(OCC)OCC. The average molecular weight is 370 g/mol. The van der Waals surface area contributed by atoms with Gasteiger partial charge in [-0.15, -0.1) is 0 Å².